The second-order valence-corrected chi connectivity index (χ2v) is 7.98. The van der Waals surface area contributed by atoms with Crippen LogP contribution in [-0.2, 0) is 5.41 Å². The Hall–Kier alpha value is -3.07. The largest absolute Gasteiger partial charge is 0.322 e. The predicted molar refractivity (Wildman–Crippen MR) is 104 cm³/mol. The third-order valence-electron chi connectivity index (χ3n) is 4.08. The van der Waals surface area contributed by atoms with Crippen molar-refractivity contribution in [3.05, 3.63) is 56.7 Å². The molecule has 3 aromatic rings. The molecule has 0 radical (unpaired) electrons. The number of rotatable bonds is 4. The Morgan fingerprint density at radius 3 is 2.52 bits per heavy atom. The fourth-order valence-corrected chi connectivity index (χ4v) is 3.28. The number of aryl methyl sites for hydroxylation is 1. The predicted octanol–water partition coefficient (Wildman–Crippen LogP) is 4.30. The van der Waals surface area contributed by atoms with Crippen molar-refractivity contribution in [1.29, 1.82) is 0 Å². The minimum atomic E-state index is -0.671. The van der Waals surface area contributed by atoms with Crippen LogP contribution in [0, 0.1) is 17.0 Å². The van der Waals surface area contributed by atoms with Crippen LogP contribution >= 0.6 is 11.3 Å². The zero-order chi connectivity index (χ0) is 19.8. The third kappa shape index (κ3) is 3.87. The highest BCUT2D eigenvalue weighted by Gasteiger charge is 2.27. The molecule has 3 rings (SSSR count). The molecule has 0 bridgehead atoms. The van der Waals surface area contributed by atoms with Gasteiger partial charge in [-0.25, -0.2) is 4.98 Å². The summed E-state index contributed by atoms with van der Waals surface area (Å²) < 4.78 is 0. The quantitative estimate of drug-likeness (QED) is 0.513. The molecule has 0 aliphatic rings. The van der Waals surface area contributed by atoms with Crippen LogP contribution in [0.4, 0.5) is 10.8 Å². The summed E-state index contributed by atoms with van der Waals surface area (Å²) >= 11 is 1.25. The van der Waals surface area contributed by atoms with Gasteiger partial charge in [0.1, 0.15) is 5.69 Å². The first-order chi connectivity index (χ1) is 12.7. The molecule has 0 aliphatic heterocycles. The first-order valence-corrected chi connectivity index (χ1v) is 9.12. The Morgan fingerprint density at radius 2 is 1.93 bits per heavy atom. The number of thiazole rings is 1. The van der Waals surface area contributed by atoms with E-state index in [1.165, 1.54) is 23.8 Å². The first-order valence-electron chi connectivity index (χ1n) is 8.24. The number of carbonyl (C=O) groups excluding carboxylic acids is 1. The van der Waals surface area contributed by atoms with Gasteiger partial charge in [-0.2, -0.15) is 5.10 Å². The van der Waals surface area contributed by atoms with Crippen molar-refractivity contribution < 1.29 is 9.72 Å². The van der Waals surface area contributed by atoms with E-state index in [-0.39, 0.29) is 22.5 Å². The average Bonchev–Trinajstić information content (AvgIpc) is 3.20. The van der Waals surface area contributed by atoms with Crippen LogP contribution < -0.4 is 5.32 Å². The molecule has 1 aromatic carbocycles. The molecule has 27 heavy (non-hydrogen) atoms. The normalized spacial score (nSPS) is 11.4. The van der Waals surface area contributed by atoms with E-state index >= 15 is 0 Å². The molecular weight excluding hydrogens is 366 g/mol. The maximum absolute atomic E-state index is 12.3. The number of aromatic amines is 1. The number of nitro groups is 1. The van der Waals surface area contributed by atoms with Crippen LogP contribution in [0.3, 0.4) is 0 Å². The van der Waals surface area contributed by atoms with Crippen molar-refractivity contribution in [3.8, 4) is 11.3 Å². The summed E-state index contributed by atoms with van der Waals surface area (Å²) in [7, 11) is 0. The van der Waals surface area contributed by atoms with E-state index in [4.69, 9.17) is 0 Å². The molecule has 0 saturated carbocycles. The van der Waals surface area contributed by atoms with Gasteiger partial charge in [-0.3, -0.25) is 25.3 Å². The highest BCUT2D eigenvalue weighted by atomic mass is 32.1. The van der Waals surface area contributed by atoms with E-state index in [2.05, 4.69) is 53.4 Å². The van der Waals surface area contributed by atoms with E-state index < -0.39 is 10.8 Å². The molecule has 2 heterocycles. The van der Waals surface area contributed by atoms with Crippen LogP contribution in [-0.4, -0.2) is 26.0 Å². The Morgan fingerprint density at radius 1 is 1.26 bits per heavy atom. The summed E-state index contributed by atoms with van der Waals surface area (Å²) in [5, 5.41) is 22.0. The Kier molecular flexibility index (Phi) is 4.79. The first kappa shape index (κ1) is 18.7. The standard InChI is InChI=1S/C18H19N5O3S/c1-10-15(23(25)26)14(22-21-10)16(24)20-17-19-13(9-27-17)11-5-7-12(8-6-11)18(2,3)4/h5-9H,1-4H3,(H,21,22)(H,19,20,24). The fourth-order valence-electron chi connectivity index (χ4n) is 2.57. The van der Waals surface area contributed by atoms with Crippen LogP contribution in [0.25, 0.3) is 11.3 Å². The topological polar surface area (TPSA) is 114 Å². The molecule has 0 spiro atoms. The second-order valence-electron chi connectivity index (χ2n) is 7.12. The van der Waals surface area contributed by atoms with Gasteiger partial charge in [0.25, 0.3) is 5.91 Å². The number of carbonyl (C=O) groups is 1. The number of nitrogens with zero attached hydrogens (tertiary/aromatic N) is 3. The number of hydrogen-bond donors (Lipinski definition) is 2. The summed E-state index contributed by atoms with van der Waals surface area (Å²) in [6.07, 6.45) is 0. The molecule has 0 atom stereocenters. The number of amides is 1. The van der Waals surface area contributed by atoms with Crippen LogP contribution in [0.2, 0.25) is 0 Å². The summed E-state index contributed by atoms with van der Waals surface area (Å²) in [4.78, 5) is 27.2. The number of aromatic nitrogens is 3. The third-order valence-corrected chi connectivity index (χ3v) is 4.84. The lowest BCUT2D eigenvalue weighted by Gasteiger charge is -2.18. The number of benzene rings is 1. The number of anilines is 1. The van der Waals surface area contributed by atoms with Crippen LogP contribution in [0.1, 0.15) is 42.5 Å². The fraction of sp³-hybridized carbons (Fsp3) is 0.278. The number of H-pyrrole nitrogens is 1. The molecule has 2 aromatic heterocycles. The monoisotopic (exact) mass is 385 g/mol. The van der Waals surface area contributed by atoms with Gasteiger partial charge in [-0.05, 0) is 17.9 Å². The van der Waals surface area contributed by atoms with Gasteiger partial charge in [0, 0.05) is 10.9 Å². The molecule has 8 nitrogen and oxygen atoms in total. The zero-order valence-electron chi connectivity index (χ0n) is 15.4. The molecule has 9 heteroatoms. The molecule has 0 saturated heterocycles. The molecule has 0 unspecified atom stereocenters. The summed E-state index contributed by atoms with van der Waals surface area (Å²) in [5.74, 6) is -0.671. The van der Waals surface area contributed by atoms with Crippen molar-refractivity contribution in [2.75, 3.05) is 5.32 Å². The van der Waals surface area contributed by atoms with E-state index in [0.717, 1.165) is 11.3 Å². The average molecular weight is 385 g/mol. The van der Waals surface area contributed by atoms with Gasteiger partial charge in [0.15, 0.2) is 5.13 Å². The van der Waals surface area contributed by atoms with Crippen molar-refractivity contribution in [3.63, 3.8) is 0 Å². The summed E-state index contributed by atoms with van der Waals surface area (Å²) in [6.45, 7) is 7.93. The number of hydrogen-bond acceptors (Lipinski definition) is 6. The van der Waals surface area contributed by atoms with E-state index in [0.29, 0.717) is 5.13 Å². The molecule has 140 valence electrons. The van der Waals surface area contributed by atoms with Crippen molar-refractivity contribution >= 4 is 28.1 Å². The van der Waals surface area contributed by atoms with Gasteiger partial charge in [0.05, 0.1) is 10.6 Å². The Labute approximate surface area is 159 Å². The van der Waals surface area contributed by atoms with Crippen molar-refractivity contribution in [2.45, 2.75) is 33.1 Å². The lowest BCUT2D eigenvalue weighted by Crippen LogP contribution is -2.14. The minimum absolute atomic E-state index is 0.0656. The van der Waals surface area contributed by atoms with Crippen molar-refractivity contribution in [2.24, 2.45) is 0 Å². The van der Waals surface area contributed by atoms with Crippen LogP contribution in [0.15, 0.2) is 29.6 Å². The van der Waals surface area contributed by atoms with Gasteiger partial charge in [-0.15, -0.1) is 11.3 Å². The van der Waals surface area contributed by atoms with E-state index in [1.54, 1.807) is 0 Å². The molecule has 0 fully saturated rings. The smallest absolute Gasteiger partial charge is 0.296 e. The molecule has 1 amide bonds. The van der Waals surface area contributed by atoms with Gasteiger partial charge in [0.2, 0.25) is 5.69 Å². The van der Waals surface area contributed by atoms with Gasteiger partial charge >= 0.3 is 5.69 Å². The SMILES string of the molecule is Cc1[nH]nc(C(=O)Nc2nc(-c3ccc(C(C)(C)C)cc3)cs2)c1[N+](=O)[O-]. The lowest BCUT2D eigenvalue weighted by atomic mass is 9.86. The molecular formula is C18H19N5O3S. The number of nitrogens with one attached hydrogen (secondary N) is 2. The van der Waals surface area contributed by atoms with Crippen LogP contribution in [0.5, 0.6) is 0 Å². The van der Waals surface area contributed by atoms with E-state index in [1.807, 2.05) is 17.5 Å². The minimum Gasteiger partial charge on any atom is -0.296 e. The maximum atomic E-state index is 12.3. The second kappa shape index (κ2) is 6.92. The lowest BCUT2D eigenvalue weighted by molar-refractivity contribution is -0.385. The maximum Gasteiger partial charge on any atom is 0.322 e. The molecule has 0 aliphatic carbocycles. The Balaban J connectivity index is 1.79. The molecule has 2 N–H and O–H groups in total. The van der Waals surface area contributed by atoms with E-state index in [9.17, 15) is 14.9 Å². The highest BCUT2D eigenvalue weighted by molar-refractivity contribution is 7.14. The zero-order valence-corrected chi connectivity index (χ0v) is 16.2. The van der Waals surface area contributed by atoms with Gasteiger partial charge < -0.3 is 0 Å². The highest BCUT2D eigenvalue weighted by Crippen LogP contribution is 2.29. The summed E-state index contributed by atoms with van der Waals surface area (Å²) in [6, 6.07) is 8.10. The summed E-state index contributed by atoms with van der Waals surface area (Å²) in [5.41, 5.74) is 2.58. The van der Waals surface area contributed by atoms with Gasteiger partial charge in [-0.1, -0.05) is 45.0 Å². The van der Waals surface area contributed by atoms with Crippen molar-refractivity contribution in [1.82, 2.24) is 15.2 Å². The Bertz CT molecular complexity index is 999.